The van der Waals surface area contributed by atoms with Crippen molar-refractivity contribution in [1.82, 2.24) is 0 Å². The lowest BCUT2D eigenvalue weighted by Crippen LogP contribution is -1.94. The minimum absolute atomic E-state index is 0.877. The molecule has 0 heterocycles. The maximum atomic E-state index is 5.77. The summed E-state index contributed by atoms with van der Waals surface area (Å²) in [6, 6.07) is 25.0. The highest BCUT2D eigenvalue weighted by atomic mass is 16.5. The van der Waals surface area contributed by atoms with Crippen molar-refractivity contribution in [3.63, 3.8) is 0 Å². The van der Waals surface area contributed by atoms with E-state index in [4.69, 9.17) is 9.47 Å². The molecule has 0 atom stereocenters. The molecule has 0 bridgehead atoms. The standard InChI is InChI=1S/C22H18O2/c1-23-21-17-9-5-3-7-15(17)11-13-19(21)20-14-12-16-8-4-6-10-18(16)22(20)24-2/h3-14H,1-2H3. The van der Waals surface area contributed by atoms with Crippen LogP contribution in [-0.4, -0.2) is 14.2 Å². The maximum Gasteiger partial charge on any atom is 0.134 e. The SMILES string of the molecule is COc1c(-c2ccc3ccccc3c2OC)ccc2ccccc12. The van der Waals surface area contributed by atoms with Crippen LogP contribution in [0, 0.1) is 0 Å². The summed E-state index contributed by atoms with van der Waals surface area (Å²) in [6.45, 7) is 0. The highest BCUT2D eigenvalue weighted by molar-refractivity contribution is 6.00. The second-order valence-electron chi connectivity index (χ2n) is 5.74. The maximum absolute atomic E-state index is 5.77. The Labute approximate surface area is 141 Å². The van der Waals surface area contributed by atoms with Crippen LogP contribution in [0.15, 0.2) is 72.8 Å². The third kappa shape index (κ3) is 2.19. The van der Waals surface area contributed by atoms with Crippen LogP contribution in [0.3, 0.4) is 0 Å². The van der Waals surface area contributed by atoms with E-state index in [1.165, 1.54) is 0 Å². The Bertz CT molecular complexity index is 949. The predicted octanol–water partition coefficient (Wildman–Crippen LogP) is 5.68. The number of methoxy groups -OCH3 is 2. The normalized spacial score (nSPS) is 10.9. The molecule has 2 heteroatoms. The van der Waals surface area contributed by atoms with E-state index in [0.717, 1.165) is 44.2 Å². The molecule has 0 unspecified atom stereocenters. The van der Waals surface area contributed by atoms with E-state index in [2.05, 4.69) is 48.5 Å². The summed E-state index contributed by atoms with van der Waals surface area (Å²) in [5, 5.41) is 4.54. The molecule has 24 heavy (non-hydrogen) atoms. The molecular formula is C22H18O2. The van der Waals surface area contributed by atoms with Gasteiger partial charge >= 0.3 is 0 Å². The van der Waals surface area contributed by atoms with Crippen molar-refractivity contribution < 1.29 is 9.47 Å². The van der Waals surface area contributed by atoms with Crippen molar-refractivity contribution in [2.24, 2.45) is 0 Å². The molecule has 0 saturated heterocycles. The smallest absolute Gasteiger partial charge is 0.134 e. The molecule has 0 aliphatic carbocycles. The molecule has 0 amide bonds. The Morgan fingerprint density at radius 1 is 0.500 bits per heavy atom. The zero-order valence-corrected chi connectivity index (χ0v) is 13.7. The first-order valence-corrected chi connectivity index (χ1v) is 7.95. The van der Waals surface area contributed by atoms with Crippen LogP contribution >= 0.6 is 0 Å². The molecule has 0 aliphatic heterocycles. The molecule has 0 aromatic heterocycles. The summed E-state index contributed by atoms with van der Waals surface area (Å²) in [6.07, 6.45) is 0. The Balaban J connectivity index is 2.06. The van der Waals surface area contributed by atoms with Crippen LogP contribution < -0.4 is 9.47 Å². The third-order valence-corrected chi connectivity index (χ3v) is 4.46. The molecule has 2 nitrogen and oxygen atoms in total. The fourth-order valence-corrected chi connectivity index (χ4v) is 3.35. The van der Waals surface area contributed by atoms with Gasteiger partial charge in [-0.3, -0.25) is 0 Å². The van der Waals surface area contributed by atoms with Gasteiger partial charge in [-0.1, -0.05) is 60.7 Å². The van der Waals surface area contributed by atoms with Gasteiger partial charge in [0.15, 0.2) is 0 Å². The monoisotopic (exact) mass is 314 g/mol. The van der Waals surface area contributed by atoms with Gasteiger partial charge in [0.2, 0.25) is 0 Å². The molecule has 4 rings (SSSR count). The lowest BCUT2D eigenvalue weighted by Gasteiger charge is -2.16. The molecular weight excluding hydrogens is 296 g/mol. The lowest BCUT2D eigenvalue weighted by atomic mass is 9.96. The second kappa shape index (κ2) is 5.89. The Kier molecular flexibility index (Phi) is 3.58. The zero-order chi connectivity index (χ0) is 16.5. The largest absolute Gasteiger partial charge is 0.495 e. The van der Waals surface area contributed by atoms with Crippen molar-refractivity contribution >= 4 is 21.5 Å². The van der Waals surface area contributed by atoms with Crippen LogP contribution in [0.25, 0.3) is 32.7 Å². The van der Waals surface area contributed by atoms with Gasteiger partial charge in [0.05, 0.1) is 14.2 Å². The second-order valence-corrected chi connectivity index (χ2v) is 5.74. The first-order valence-electron chi connectivity index (χ1n) is 7.95. The Morgan fingerprint density at radius 2 is 0.917 bits per heavy atom. The summed E-state index contributed by atoms with van der Waals surface area (Å²) < 4.78 is 11.5. The van der Waals surface area contributed by atoms with E-state index in [-0.39, 0.29) is 0 Å². The number of benzene rings is 4. The molecule has 0 radical (unpaired) electrons. The number of hydrogen-bond donors (Lipinski definition) is 0. The van der Waals surface area contributed by atoms with Gasteiger partial charge in [-0.15, -0.1) is 0 Å². The number of hydrogen-bond acceptors (Lipinski definition) is 2. The molecule has 4 aromatic rings. The first kappa shape index (κ1) is 14.6. The average Bonchev–Trinajstić information content (AvgIpc) is 2.66. The van der Waals surface area contributed by atoms with Crippen molar-refractivity contribution in [3.8, 4) is 22.6 Å². The highest BCUT2D eigenvalue weighted by Crippen LogP contribution is 2.43. The molecule has 4 aromatic carbocycles. The van der Waals surface area contributed by atoms with Crippen LogP contribution in [-0.2, 0) is 0 Å². The quantitative estimate of drug-likeness (QED) is 0.484. The van der Waals surface area contributed by atoms with Crippen LogP contribution in [0.2, 0.25) is 0 Å². The fraction of sp³-hybridized carbons (Fsp3) is 0.0909. The molecule has 0 fully saturated rings. The summed E-state index contributed by atoms with van der Waals surface area (Å²) in [5.41, 5.74) is 2.08. The van der Waals surface area contributed by atoms with Gasteiger partial charge in [0.25, 0.3) is 0 Å². The summed E-state index contributed by atoms with van der Waals surface area (Å²) >= 11 is 0. The molecule has 0 saturated carbocycles. The molecule has 0 aliphatic rings. The van der Waals surface area contributed by atoms with E-state index in [9.17, 15) is 0 Å². The Hall–Kier alpha value is -3.00. The molecule has 0 N–H and O–H groups in total. The molecule has 0 spiro atoms. The van der Waals surface area contributed by atoms with Crippen LogP contribution in [0.1, 0.15) is 0 Å². The van der Waals surface area contributed by atoms with E-state index in [1.54, 1.807) is 14.2 Å². The van der Waals surface area contributed by atoms with Crippen molar-refractivity contribution in [1.29, 1.82) is 0 Å². The van der Waals surface area contributed by atoms with Crippen molar-refractivity contribution in [3.05, 3.63) is 72.8 Å². The van der Waals surface area contributed by atoms with Gasteiger partial charge in [-0.05, 0) is 22.9 Å². The summed E-state index contributed by atoms with van der Waals surface area (Å²) in [7, 11) is 3.44. The average molecular weight is 314 g/mol. The molecule has 118 valence electrons. The topological polar surface area (TPSA) is 18.5 Å². The minimum atomic E-state index is 0.877. The van der Waals surface area contributed by atoms with Crippen molar-refractivity contribution in [2.75, 3.05) is 14.2 Å². The van der Waals surface area contributed by atoms with Crippen LogP contribution in [0.4, 0.5) is 0 Å². The zero-order valence-electron chi connectivity index (χ0n) is 13.7. The highest BCUT2D eigenvalue weighted by Gasteiger charge is 2.15. The number of rotatable bonds is 3. The summed E-state index contributed by atoms with van der Waals surface area (Å²) in [5.74, 6) is 1.75. The van der Waals surface area contributed by atoms with E-state index < -0.39 is 0 Å². The number of fused-ring (bicyclic) bond motifs is 2. The summed E-state index contributed by atoms with van der Waals surface area (Å²) in [4.78, 5) is 0. The predicted molar refractivity (Wildman–Crippen MR) is 100.0 cm³/mol. The van der Waals surface area contributed by atoms with Gasteiger partial charge in [-0.2, -0.15) is 0 Å². The number of ether oxygens (including phenoxy) is 2. The Morgan fingerprint density at radius 3 is 1.33 bits per heavy atom. The van der Waals surface area contributed by atoms with Gasteiger partial charge in [0.1, 0.15) is 11.5 Å². The van der Waals surface area contributed by atoms with Gasteiger partial charge in [0, 0.05) is 21.9 Å². The lowest BCUT2D eigenvalue weighted by molar-refractivity contribution is 0.415. The minimum Gasteiger partial charge on any atom is -0.495 e. The van der Waals surface area contributed by atoms with E-state index >= 15 is 0 Å². The fourth-order valence-electron chi connectivity index (χ4n) is 3.35. The first-order chi connectivity index (χ1) is 11.8. The van der Waals surface area contributed by atoms with E-state index in [1.807, 2.05) is 24.3 Å². The third-order valence-electron chi connectivity index (χ3n) is 4.46. The van der Waals surface area contributed by atoms with Gasteiger partial charge in [-0.25, -0.2) is 0 Å². The van der Waals surface area contributed by atoms with Gasteiger partial charge < -0.3 is 9.47 Å². The van der Waals surface area contributed by atoms with Crippen LogP contribution in [0.5, 0.6) is 11.5 Å². The van der Waals surface area contributed by atoms with Crippen molar-refractivity contribution in [2.45, 2.75) is 0 Å². The van der Waals surface area contributed by atoms with E-state index in [0.29, 0.717) is 0 Å².